The first-order chi connectivity index (χ1) is 10.0. The highest BCUT2D eigenvalue weighted by Gasteiger charge is 2.50. The molecule has 0 saturated carbocycles. The van der Waals surface area contributed by atoms with Gasteiger partial charge in [0, 0.05) is 19.0 Å². The summed E-state index contributed by atoms with van der Waals surface area (Å²) in [7, 11) is 1.70. The lowest BCUT2D eigenvalue weighted by Crippen LogP contribution is -2.54. The van der Waals surface area contributed by atoms with E-state index in [9.17, 15) is 9.59 Å². The van der Waals surface area contributed by atoms with E-state index in [2.05, 4.69) is 15.9 Å². The first kappa shape index (κ1) is 14.0. The van der Waals surface area contributed by atoms with Crippen molar-refractivity contribution in [3.8, 4) is 0 Å². The average Bonchev–Trinajstić information content (AvgIpc) is 2.52. The maximum Gasteiger partial charge on any atom is 0.251 e. The van der Waals surface area contributed by atoms with E-state index >= 15 is 0 Å². The van der Waals surface area contributed by atoms with Gasteiger partial charge in [0.05, 0.1) is 5.69 Å². The second-order valence-corrected chi connectivity index (χ2v) is 6.53. The van der Waals surface area contributed by atoms with Gasteiger partial charge in [-0.2, -0.15) is 0 Å². The van der Waals surface area contributed by atoms with Gasteiger partial charge in [-0.3, -0.25) is 9.59 Å². The van der Waals surface area contributed by atoms with Crippen LogP contribution in [0.15, 0.2) is 54.6 Å². The highest BCUT2D eigenvalue weighted by Crippen LogP contribution is 2.38. The van der Waals surface area contributed by atoms with Gasteiger partial charge in [0.2, 0.25) is 0 Å². The number of nitrogens with zero attached hydrogens (tertiary/aromatic N) is 1. The molecule has 4 heteroatoms. The number of anilines is 1. The summed E-state index contributed by atoms with van der Waals surface area (Å²) in [5.74, 6) is -0.403. The molecule has 0 radical (unpaired) electrons. The van der Waals surface area contributed by atoms with Crippen LogP contribution in [0.4, 0.5) is 5.69 Å². The van der Waals surface area contributed by atoms with Gasteiger partial charge in [0.1, 0.15) is 0 Å². The van der Waals surface area contributed by atoms with Crippen molar-refractivity contribution in [2.24, 2.45) is 0 Å². The zero-order valence-corrected chi connectivity index (χ0v) is 13.1. The number of amides is 1. The molecule has 1 atom stereocenters. The largest absolute Gasteiger partial charge is 0.313 e. The van der Waals surface area contributed by atoms with Crippen molar-refractivity contribution < 1.29 is 9.59 Å². The number of carbonyl (C=O) groups excluding carboxylic acids is 2. The quantitative estimate of drug-likeness (QED) is 0.620. The topological polar surface area (TPSA) is 37.4 Å². The van der Waals surface area contributed by atoms with E-state index in [1.54, 1.807) is 24.1 Å². The number of halogens is 1. The van der Waals surface area contributed by atoms with Crippen LogP contribution < -0.4 is 4.90 Å². The Labute approximate surface area is 131 Å². The predicted octanol–water partition coefficient (Wildman–Crippen LogP) is 3.22. The summed E-state index contributed by atoms with van der Waals surface area (Å²) in [6.07, 6.45) is 0.337. The number of ketones is 1. The van der Waals surface area contributed by atoms with Gasteiger partial charge < -0.3 is 4.90 Å². The fourth-order valence-electron chi connectivity index (χ4n) is 2.68. The maximum atomic E-state index is 12.8. The number of rotatable bonds is 2. The van der Waals surface area contributed by atoms with Crippen LogP contribution >= 0.6 is 15.9 Å². The summed E-state index contributed by atoms with van der Waals surface area (Å²) >= 11 is 3.43. The molecule has 3 nitrogen and oxygen atoms in total. The Morgan fingerprint density at radius 2 is 1.62 bits per heavy atom. The Morgan fingerprint density at radius 3 is 2.33 bits per heavy atom. The molecule has 0 fully saturated rings. The van der Waals surface area contributed by atoms with Crippen molar-refractivity contribution in [1.82, 2.24) is 0 Å². The number of carbonyl (C=O) groups is 2. The van der Waals surface area contributed by atoms with Crippen LogP contribution in [0, 0.1) is 0 Å². The van der Waals surface area contributed by atoms with E-state index in [0.717, 1.165) is 5.56 Å². The number of hydrogen-bond donors (Lipinski definition) is 0. The molecular weight excluding hydrogens is 330 g/mol. The summed E-state index contributed by atoms with van der Waals surface area (Å²) in [5.41, 5.74) is 2.19. The minimum Gasteiger partial charge on any atom is -0.313 e. The van der Waals surface area contributed by atoms with Crippen LogP contribution in [0.5, 0.6) is 0 Å². The van der Waals surface area contributed by atoms with Gasteiger partial charge in [0.25, 0.3) is 5.91 Å². The third kappa shape index (κ3) is 2.20. The van der Waals surface area contributed by atoms with Crippen LogP contribution in [-0.2, 0) is 11.2 Å². The van der Waals surface area contributed by atoms with Crippen LogP contribution in [-0.4, -0.2) is 23.1 Å². The maximum absolute atomic E-state index is 12.8. The van der Waals surface area contributed by atoms with E-state index in [-0.39, 0.29) is 11.7 Å². The van der Waals surface area contributed by atoms with Gasteiger partial charge in [0.15, 0.2) is 10.1 Å². The Kier molecular flexibility index (Phi) is 3.41. The summed E-state index contributed by atoms with van der Waals surface area (Å²) < 4.78 is -1.22. The van der Waals surface area contributed by atoms with E-state index in [4.69, 9.17) is 0 Å². The zero-order chi connectivity index (χ0) is 15.0. The van der Waals surface area contributed by atoms with Crippen molar-refractivity contribution in [1.29, 1.82) is 0 Å². The zero-order valence-electron chi connectivity index (χ0n) is 11.5. The Morgan fingerprint density at radius 1 is 1.00 bits per heavy atom. The molecule has 1 amide bonds. The van der Waals surface area contributed by atoms with E-state index in [1.807, 2.05) is 42.5 Å². The van der Waals surface area contributed by atoms with Crippen molar-refractivity contribution in [3.63, 3.8) is 0 Å². The highest BCUT2D eigenvalue weighted by molar-refractivity contribution is 9.10. The molecule has 21 heavy (non-hydrogen) atoms. The summed E-state index contributed by atoms with van der Waals surface area (Å²) in [6.45, 7) is 0. The third-order valence-corrected chi connectivity index (χ3v) is 4.78. The predicted molar refractivity (Wildman–Crippen MR) is 86.0 cm³/mol. The van der Waals surface area contributed by atoms with Crippen molar-refractivity contribution >= 4 is 33.3 Å². The molecule has 0 saturated heterocycles. The van der Waals surface area contributed by atoms with Crippen LogP contribution in [0.2, 0.25) is 0 Å². The van der Waals surface area contributed by atoms with E-state index < -0.39 is 4.32 Å². The second kappa shape index (κ2) is 5.11. The molecule has 0 aromatic heterocycles. The normalized spacial score (nSPS) is 21.3. The summed E-state index contributed by atoms with van der Waals surface area (Å²) in [5, 5.41) is 0. The monoisotopic (exact) mass is 343 g/mol. The molecule has 2 aromatic rings. The first-order valence-corrected chi connectivity index (χ1v) is 7.48. The van der Waals surface area contributed by atoms with Crippen molar-refractivity contribution in [2.45, 2.75) is 10.7 Å². The van der Waals surface area contributed by atoms with Gasteiger partial charge in [-0.25, -0.2) is 0 Å². The molecule has 2 aromatic carbocycles. The molecule has 0 aliphatic carbocycles. The van der Waals surface area contributed by atoms with Gasteiger partial charge >= 0.3 is 0 Å². The summed E-state index contributed by atoms with van der Waals surface area (Å²) in [6, 6.07) is 16.8. The Hall–Kier alpha value is -1.94. The van der Waals surface area contributed by atoms with Crippen LogP contribution in [0.1, 0.15) is 15.9 Å². The molecule has 0 unspecified atom stereocenters. The lowest BCUT2D eigenvalue weighted by Gasteiger charge is -2.36. The minimum atomic E-state index is -1.22. The van der Waals surface area contributed by atoms with Gasteiger partial charge in [-0.1, -0.05) is 58.4 Å². The van der Waals surface area contributed by atoms with Crippen molar-refractivity contribution in [2.75, 3.05) is 11.9 Å². The first-order valence-electron chi connectivity index (χ1n) is 6.69. The van der Waals surface area contributed by atoms with Gasteiger partial charge in [-0.15, -0.1) is 0 Å². The average molecular weight is 344 g/mol. The van der Waals surface area contributed by atoms with E-state index in [1.165, 1.54) is 0 Å². The SMILES string of the molecule is CN1C(=O)[C@@](Br)(Cc2ccccc2)C(=O)c2ccccc21. The van der Waals surface area contributed by atoms with Crippen molar-refractivity contribution in [3.05, 3.63) is 65.7 Å². The number of hydrogen-bond acceptors (Lipinski definition) is 2. The molecule has 0 N–H and O–H groups in total. The molecule has 0 bridgehead atoms. The fourth-order valence-corrected chi connectivity index (χ4v) is 3.48. The van der Waals surface area contributed by atoms with Gasteiger partial charge in [-0.05, 0) is 17.7 Å². The molecule has 1 aliphatic rings. The van der Waals surface area contributed by atoms with Crippen LogP contribution in [0.25, 0.3) is 0 Å². The number of para-hydroxylation sites is 1. The lowest BCUT2D eigenvalue weighted by molar-refractivity contribution is -0.119. The number of fused-ring (bicyclic) bond motifs is 1. The highest BCUT2D eigenvalue weighted by atomic mass is 79.9. The molecule has 3 rings (SSSR count). The number of alkyl halides is 1. The molecular formula is C17H14BrNO2. The number of benzene rings is 2. The standard InChI is InChI=1S/C17H14BrNO2/c1-19-14-10-6-5-9-13(14)15(20)17(18,16(19)21)11-12-7-3-2-4-8-12/h2-10H,11H2,1H3/t17-/m1/s1. The fraction of sp³-hybridized carbons (Fsp3) is 0.176. The summed E-state index contributed by atoms with van der Waals surface area (Å²) in [4.78, 5) is 27.0. The Balaban J connectivity index is 2.07. The number of Topliss-reactive ketones (excluding diaryl/α,β-unsaturated/α-hetero) is 1. The van der Waals surface area contributed by atoms with E-state index in [0.29, 0.717) is 17.7 Å². The Bertz CT molecular complexity index is 714. The second-order valence-electron chi connectivity index (χ2n) is 5.17. The molecule has 1 aliphatic heterocycles. The molecule has 0 spiro atoms. The minimum absolute atomic E-state index is 0.176. The van der Waals surface area contributed by atoms with Crippen LogP contribution in [0.3, 0.4) is 0 Å². The molecule has 106 valence electrons. The molecule has 1 heterocycles. The lowest BCUT2D eigenvalue weighted by atomic mass is 9.86. The smallest absolute Gasteiger partial charge is 0.251 e. The third-order valence-electron chi connectivity index (χ3n) is 3.80.